The molecular weight excluding hydrogens is 184 g/mol. The summed E-state index contributed by atoms with van der Waals surface area (Å²) >= 11 is 0. The van der Waals surface area contributed by atoms with Gasteiger partial charge in [-0.1, -0.05) is 13.3 Å². The number of nitrogens with zero attached hydrogens (tertiary/aromatic N) is 1. The zero-order valence-electron chi connectivity index (χ0n) is 10.3. The molecule has 2 N–H and O–H groups in total. The summed E-state index contributed by atoms with van der Waals surface area (Å²) < 4.78 is 0. The Kier molecular flexibility index (Phi) is 3.68. The monoisotopic (exact) mass is 210 g/mol. The fourth-order valence-corrected chi connectivity index (χ4v) is 3.52. The molecule has 0 aromatic heterocycles. The molecule has 88 valence electrons. The summed E-state index contributed by atoms with van der Waals surface area (Å²) in [6, 6.07) is 1.57. The molecule has 2 rings (SSSR count). The highest BCUT2D eigenvalue weighted by molar-refractivity contribution is 4.92. The van der Waals surface area contributed by atoms with Gasteiger partial charge in [-0.2, -0.15) is 0 Å². The molecule has 0 aromatic rings. The molecule has 2 aliphatic rings. The molecule has 15 heavy (non-hydrogen) atoms. The zero-order chi connectivity index (χ0) is 10.8. The van der Waals surface area contributed by atoms with Crippen LogP contribution in [0.3, 0.4) is 0 Å². The van der Waals surface area contributed by atoms with Gasteiger partial charge in [-0.25, -0.2) is 0 Å². The van der Waals surface area contributed by atoms with E-state index in [2.05, 4.69) is 18.7 Å². The molecule has 1 heterocycles. The molecule has 4 atom stereocenters. The molecule has 0 radical (unpaired) electrons. The zero-order valence-corrected chi connectivity index (χ0v) is 10.3. The molecule has 2 heteroatoms. The van der Waals surface area contributed by atoms with Crippen LogP contribution in [-0.2, 0) is 0 Å². The molecule has 2 fully saturated rings. The Morgan fingerprint density at radius 3 is 2.67 bits per heavy atom. The fraction of sp³-hybridized carbons (Fsp3) is 1.00. The van der Waals surface area contributed by atoms with Crippen LogP contribution in [-0.4, -0.2) is 30.1 Å². The van der Waals surface area contributed by atoms with Gasteiger partial charge in [-0.15, -0.1) is 0 Å². The first-order valence-electron chi connectivity index (χ1n) is 6.70. The number of hydrogen-bond donors (Lipinski definition) is 1. The summed E-state index contributed by atoms with van der Waals surface area (Å²) in [6.45, 7) is 6.81. The van der Waals surface area contributed by atoms with Crippen molar-refractivity contribution in [1.29, 1.82) is 0 Å². The molecule has 1 aliphatic heterocycles. The Morgan fingerprint density at radius 1 is 1.20 bits per heavy atom. The molecule has 4 unspecified atom stereocenters. The molecule has 0 amide bonds. The Balaban J connectivity index is 2.00. The van der Waals surface area contributed by atoms with Gasteiger partial charge in [0.25, 0.3) is 0 Å². The quantitative estimate of drug-likeness (QED) is 0.774. The molecule has 0 aromatic carbocycles. The topological polar surface area (TPSA) is 29.3 Å². The third-order valence-electron chi connectivity index (χ3n) is 4.75. The summed E-state index contributed by atoms with van der Waals surface area (Å²) in [6.07, 6.45) is 7.25. The van der Waals surface area contributed by atoms with E-state index in [4.69, 9.17) is 5.73 Å². The van der Waals surface area contributed by atoms with E-state index in [0.717, 1.165) is 18.5 Å². The smallest absolute Gasteiger partial charge is 0.0126 e. The van der Waals surface area contributed by atoms with Crippen LogP contribution in [0.15, 0.2) is 0 Å². The third-order valence-corrected chi connectivity index (χ3v) is 4.75. The van der Waals surface area contributed by atoms with Crippen molar-refractivity contribution in [1.82, 2.24) is 4.90 Å². The minimum atomic E-state index is 0.643. The van der Waals surface area contributed by atoms with Crippen LogP contribution >= 0.6 is 0 Å². The van der Waals surface area contributed by atoms with Crippen molar-refractivity contribution < 1.29 is 0 Å². The summed E-state index contributed by atoms with van der Waals surface area (Å²) in [5.74, 6) is 1.65. The average molecular weight is 210 g/mol. The average Bonchev–Trinajstić information content (AvgIpc) is 2.74. The predicted molar refractivity (Wildman–Crippen MR) is 64.7 cm³/mol. The molecule has 2 nitrogen and oxygen atoms in total. The fourth-order valence-electron chi connectivity index (χ4n) is 3.52. The lowest BCUT2D eigenvalue weighted by Crippen LogP contribution is -2.50. The standard InChI is InChI=1S/C13H26N2/c1-10(9-14)11(2)15-8-4-6-12-5-3-7-13(12)15/h10-13H,3-9,14H2,1-2H3. The van der Waals surface area contributed by atoms with Crippen LogP contribution < -0.4 is 5.73 Å². The highest BCUT2D eigenvalue weighted by atomic mass is 15.2. The van der Waals surface area contributed by atoms with Crippen molar-refractivity contribution in [2.45, 2.75) is 58.0 Å². The summed E-state index contributed by atoms with van der Waals surface area (Å²) in [7, 11) is 0. The van der Waals surface area contributed by atoms with Crippen LogP contribution in [0, 0.1) is 11.8 Å². The summed E-state index contributed by atoms with van der Waals surface area (Å²) in [5.41, 5.74) is 5.79. The minimum Gasteiger partial charge on any atom is -0.330 e. The second kappa shape index (κ2) is 4.84. The van der Waals surface area contributed by atoms with Crippen molar-refractivity contribution in [3.05, 3.63) is 0 Å². The highest BCUT2D eigenvalue weighted by Gasteiger charge is 2.37. The maximum Gasteiger partial charge on any atom is 0.0126 e. The van der Waals surface area contributed by atoms with E-state index in [9.17, 15) is 0 Å². The van der Waals surface area contributed by atoms with Crippen molar-refractivity contribution in [2.75, 3.05) is 13.1 Å². The summed E-state index contributed by atoms with van der Waals surface area (Å²) in [4.78, 5) is 2.76. The third kappa shape index (κ3) is 2.21. The van der Waals surface area contributed by atoms with Crippen molar-refractivity contribution >= 4 is 0 Å². The lowest BCUT2D eigenvalue weighted by molar-refractivity contribution is 0.0529. The number of piperidine rings is 1. The second-order valence-corrected chi connectivity index (χ2v) is 5.59. The predicted octanol–water partition coefficient (Wildman–Crippen LogP) is 2.23. The first-order valence-corrected chi connectivity index (χ1v) is 6.70. The molecule has 0 bridgehead atoms. The van der Waals surface area contributed by atoms with E-state index >= 15 is 0 Å². The number of likely N-dealkylation sites (tertiary alicyclic amines) is 1. The van der Waals surface area contributed by atoms with Gasteiger partial charge in [0.1, 0.15) is 0 Å². The van der Waals surface area contributed by atoms with E-state index in [1.807, 2.05) is 0 Å². The maximum absolute atomic E-state index is 5.79. The highest BCUT2D eigenvalue weighted by Crippen LogP contribution is 2.38. The number of rotatable bonds is 3. The van der Waals surface area contributed by atoms with Gasteiger partial charge < -0.3 is 5.73 Å². The van der Waals surface area contributed by atoms with Gasteiger partial charge in [0.15, 0.2) is 0 Å². The van der Waals surface area contributed by atoms with Crippen molar-refractivity contribution in [3.63, 3.8) is 0 Å². The Morgan fingerprint density at radius 2 is 1.93 bits per heavy atom. The molecule has 1 aliphatic carbocycles. The first-order chi connectivity index (χ1) is 7.24. The molecule has 1 saturated carbocycles. The molecular formula is C13H26N2. The molecule has 1 saturated heterocycles. The van der Waals surface area contributed by atoms with E-state index in [1.54, 1.807) is 0 Å². The van der Waals surface area contributed by atoms with E-state index in [-0.39, 0.29) is 0 Å². The van der Waals surface area contributed by atoms with E-state index in [1.165, 1.54) is 38.6 Å². The maximum atomic E-state index is 5.79. The Labute approximate surface area is 94.2 Å². The lowest BCUT2D eigenvalue weighted by atomic mass is 9.88. The Bertz CT molecular complexity index is 205. The summed E-state index contributed by atoms with van der Waals surface area (Å²) in [5, 5.41) is 0. The SMILES string of the molecule is CC(CN)C(C)N1CCCC2CCCC21. The largest absolute Gasteiger partial charge is 0.330 e. The van der Waals surface area contributed by atoms with Crippen LogP contribution in [0.1, 0.15) is 46.0 Å². The number of nitrogens with two attached hydrogens (primary N) is 1. The van der Waals surface area contributed by atoms with Gasteiger partial charge in [0.05, 0.1) is 0 Å². The van der Waals surface area contributed by atoms with Crippen LogP contribution in [0.2, 0.25) is 0 Å². The van der Waals surface area contributed by atoms with Crippen LogP contribution in [0.5, 0.6) is 0 Å². The Hall–Kier alpha value is -0.0800. The van der Waals surface area contributed by atoms with Crippen molar-refractivity contribution in [3.8, 4) is 0 Å². The van der Waals surface area contributed by atoms with Gasteiger partial charge in [0.2, 0.25) is 0 Å². The van der Waals surface area contributed by atoms with Gasteiger partial charge in [-0.3, -0.25) is 4.90 Å². The van der Waals surface area contributed by atoms with Crippen LogP contribution in [0.4, 0.5) is 0 Å². The van der Waals surface area contributed by atoms with E-state index < -0.39 is 0 Å². The first kappa shape index (κ1) is 11.4. The normalized spacial score (nSPS) is 36.2. The van der Waals surface area contributed by atoms with Gasteiger partial charge in [0, 0.05) is 12.1 Å². The lowest BCUT2D eigenvalue weighted by Gasteiger charge is -2.43. The number of hydrogen-bond acceptors (Lipinski definition) is 2. The molecule has 0 spiro atoms. The van der Waals surface area contributed by atoms with E-state index in [0.29, 0.717) is 12.0 Å². The van der Waals surface area contributed by atoms with Gasteiger partial charge in [-0.05, 0) is 57.5 Å². The minimum absolute atomic E-state index is 0.643. The van der Waals surface area contributed by atoms with Crippen molar-refractivity contribution in [2.24, 2.45) is 17.6 Å². The van der Waals surface area contributed by atoms with Gasteiger partial charge >= 0.3 is 0 Å². The van der Waals surface area contributed by atoms with Crippen LogP contribution in [0.25, 0.3) is 0 Å². The number of fused-ring (bicyclic) bond motifs is 1. The second-order valence-electron chi connectivity index (χ2n) is 5.59.